The smallest absolute Gasteiger partial charge is 0.410 e. The number of carbonyl (C=O) groups excluding carboxylic acids is 1. The topological polar surface area (TPSA) is 67.3 Å². The van der Waals surface area contributed by atoms with Crippen molar-refractivity contribution < 1.29 is 9.53 Å². The highest BCUT2D eigenvalue weighted by Gasteiger charge is 2.27. The number of carbonyl (C=O) groups is 1. The van der Waals surface area contributed by atoms with Crippen LogP contribution in [-0.4, -0.2) is 34.1 Å². The first-order valence-corrected chi connectivity index (χ1v) is 10.5. The lowest BCUT2D eigenvalue weighted by Crippen LogP contribution is -2.35. The first-order chi connectivity index (χ1) is 13.7. The number of hydrogen-bond donors (Lipinski definition) is 1. The first-order valence-electron chi connectivity index (χ1n) is 9.69. The first kappa shape index (κ1) is 18.7. The molecule has 0 radical (unpaired) electrons. The molecule has 1 unspecified atom stereocenters. The number of nitrogens with zero attached hydrogens (tertiary/aromatic N) is 3. The third-order valence-electron chi connectivity index (χ3n) is 5.08. The van der Waals surface area contributed by atoms with E-state index in [1.807, 2.05) is 13.0 Å². The minimum absolute atomic E-state index is 0.189. The average molecular weight is 397 g/mol. The molecule has 0 aliphatic carbocycles. The van der Waals surface area contributed by atoms with Gasteiger partial charge >= 0.3 is 6.09 Å². The van der Waals surface area contributed by atoms with Crippen molar-refractivity contribution in [3.8, 4) is 0 Å². The van der Waals surface area contributed by atoms with E-state index in [9.17, 15) is 4.79 Å². The predicted molar refractivity (Wildman–Crippen MR) is 112 cm³/mol. The third kappa shape index (κ3) is 3.54. The quantitative estimate of drug-likeness (QED) is 0.673. The number of benzene rings is 1. The van der Waals surface area contributed by atoms with Crippen LogP contribution in [0.1, 0.15) is 42.3 Å². The minimum atomic E-state index is -0.245. The summed E-state index contributed by atoms with van der Waals surface area (Å²) in [6, 6.07) is 10.6. The van der Waals surface area contributed by atoms with Gasteiger partial charge in [0.1, 0.15) is 17.0 Å². The normalized spacial score (nSPS) is 14.6. The summed E-state index contributed by atoms with van der Waals surface area (Å²) in [4.78, 5) is 25.1. The van der Waals surface area contributed by atoms with Crippen molar-refractivity contribution in [1.29, 1.82) is 0 Å². The SMILES string of the molecule is CCOC(=O)N1CCc2c(sc3ncnc(NC(CC)c4ccccc4)c23)C1. The third-order valence-corrected chi connectivity index (χ3v) is 6.21. The molecule has 0 spiro atoms. The van der Waals surface area contributed by atoms with E-state index in [2.05, 4.69) is 46.5 Å². The number of anilines is 1. The van der Waals surface area contributed by atoms with Crippen LogP contribution in [0.4, 0.5) is 10.6 Å². The van der Waals surface area contributed by atoms with Crippen LogP contribution in [0.25, 0.3) is 10.2 Å². The maximum Gasteiger partial charge on any atom is 0.410 e. The predicted octanol–water partition coefficient (Wildman–Crippen LogP) is 4.77. The van der Waals surface area contributed by atoms with Gasteiger partial charge in [-0.15, -0.1) is 11.3 Å². The molecule has 4 rings (SSSR count). The van der Waals surface area contributed by atoms with Gasteiger partial charge in [-0.25, -0.2) is 14.8 Å². The van der Waals surface area contributed by atoms with E-state index in [0.717, 1.165) is 28.9 Å². The lowest BCUT2D eigenvalue weighted by atomic mass is 10.0. The van der Waals surface area contributed by atoms with E-state index in [1.165, 1.54) is 16.0 Å². The Labute approximate surface area is 168 Å². The lowest BCUT2D eigenvalue weighted by Gasteiger charge is -2.26. The van der Waals surface area contributed by atoms with Crippen LogP contribution in [0, 0.1) is 0 Å². The Kier molecular flexibility index (Phi) is 5.43. The van der Waals surface area contributed by atoms with Gasteiger partial charge in [0.2, 0.25) is 0 Å². The fourth-order valence-corrected chi connectivity index (χ4v) is 4.88. The van der Waals surface area contributed by atoms with Crippen LogP contribution in [0.15, 0.2) is 36.7 Å². The maximum atomic E-state index is 12.1. The van der Waals surface area contributed by atoms with Crippen LogP contribution >= 0.6 is 11.3 Å². The molecule has 1 aromatic carbocycles. The molecule has 0 saturated carbocycles. The summed E-state index contributed by atoms with van der Waals surface area (Å²) in [6.45, 7) is 5.62. The molecule has 1 N–H and O–H groups in total. The van der Waals surface area contributed by atoms with Gasteiger partial charge < -0.3 is 15.0 Å². The number of hydrogen-bond acceptors (Lipinski definition) is 6. The molecule has 7 heteroatoms. The number of thiophene rings is 1. The molecule has 1 aliphatic rings. The summed E-state index contributed by atoms with van der Waals surface area (Å²) in [5, 5.41) is 4.73. The van der Waals surface area contributed by atoms with E-state index in [-0.39, 0.29) is 12.1 Å². The standard InChI is InChI=1S/C21H24N4O2S/c1-3-16(14-8-6-5-7-9-14)24-19-18-15-10-11-25(21(26)27-4-2)12-17(15)28-20(18)23-13-22-19/h5-9,13,16H,3-4,10-12H2,1-2H3,(H,22,23,24). The molecule has 28 heavy (non-hydrogen) atoms. The van der Waals surface area contributed by atoms with E-state index in [0.29, 0.717) is 19.7 Å². The van der Waals surface area contributed by atoms with E-state index in [4.69, 9.17) is 4.74 Å². The summed E-state index contributed by atoms with van der Waals surface area (Å²) in [5.41, 5.74) is 2.50. The average Bonchev–Trinajstić information content (AvgIpc) is 3.11. The second-order valence-electron chi connectivity index (χ2n) is 6.79. The van der Waals surface area contributed by atoms with Gasteiger partial charge in [-0.3, -0.25) is 0 Å². The highest BCUT2D eigenvalue weighted by Crippen LogP contribution is 2.38. The maximum absolute atomic E-state index is 12.1. The Morgan fingerprint density at radius 2 is 2.11 bits per heavy atom. The molecule has 146 valence electrons. The molecule has 0 bridgehead atoms. The Hall–Kier alpha value is -2.67. The summed E-state index contributed by atoms with van der Waals surface area (Å²) in [6.07, 6.45) is 3.12. The van der Waals surface area contributed by atoms with Crippen molar-refractivity contribution in [2.45, 2.75) is 39.3 Å². The molecular weight excluding hydrogens is 372 g/mol. The Balaban J connectivity index is 1.65. The summed E-state index contributed by atoms with van der Waals surface area (Å²) >= 11 is 1.64. The Bertz CT molecular complexity index is 973. The number of rotatable bonds is 5. The van der Waals surface area contributed by atoms with Gasteiger partial charge in [0.05, 0.1) is 24.6 Å². The molecule has 1 atom stereocenters. The van der Waals surface area contributed by atoms with Crippen molar-refractivity contribution in [2.75, 3.05) is 18.5 Å². The van der Waals surface area contributed by atoms with Crippen LogP contribution in [0.2, 0.25) is 0 Å². The van der Waals surface area contributed by atoms with Gasteiger partial charge in [0.25, 0.3) is 0 Å². The number of nitrogens with one attached hydrogen (secondary N) is 1. The van der Waals surface area contributed by atoms with Crippen molar-refractivity contribution >= 4 is 33.5 Å². The Morgan fingerprint density at radius 1 is 1.29 bits per heavy atom. The molecule has 2 aromatic heterocycles. The van der Waals surface area contributed by atoms with Crippen LogP contribution < -0.4 is 5.32 Å². The number of ether oxygens (including phenoxy) is 1. The summed E-state index contributed by atoms with van der Waals surface area (Å²) < 4.78 is 5.16. The zero-order valence-corrected chi connectivity index (χ0v) is 17.0. The van der Waals surface area contributed by atoms with Crippen LogP contribution in [0.3, 0.4) is 0 Å². The zero-order valence-electron chi connectivity index (χ0n) is 16.1. The second kappa shape index (κ2) is 8.14. The van der Waals surface area contributed by atoms with E-state index < -0.39 is 0 Å². The van der Waals surface area contributed by atoms with Crippen molar-refractivity contribution in [1.82, 2.24) is 14.9 Å². The van der Waals surface area contributed by atoms with Gasteiger partial charge in [-0.2, -0.15) is 0 Å². The van der Waals surface area contributed by atoms with E-state index in [1.54, 1.807) is 22.6 Å². The summed E-state index contributed by atoms with van der Waals surface area (Å²) in [7, 11) is 0. The minimum Gasteiger partial charge on any atom is -0.450 e. The molecule has 6 nitrogen and oxygen atoms in total. The van der Waals surface area contributed by atoms with E-state index >= 15 is 0 Å². The highest BCUT2D eigenvalue weighted by molar-refractivity contribution is 7.19. The molecule has 0 saturated heterocycles. The van der Waals surface area contributed by atoms with Crippen LogP contribution in [0.5, 0.6) is 0 Å². The van der Waals surface area contributed by atoms with Gasteiger partial charge in [-0.1, -0.05) is 37.3 Å². The van der Waals surface area contributed by atoms with Gasteiger partial charge in [0.15, 0.2) is 0 Å². The molecule has 3 heterocycles. The largest absolute Gasteiger partial charge is 0.450 e. The van der Waals surface area contributed by atoms with Crippen molar-refractivity contribution in [3.63, 3.8) is 0 Å². The lowest BCUT2D eigenvalue weighted by molar-refractivity contribution is 0.103. The number of fused-ring (bicyclic) bond motifs is 3. The van der Waals surface area contributed by atoms with Crippen molar-refractivity contribution in [3.05, 3.63) is 52.7 Å². The second-order valence-corrected chi connectivity index (χ2v) is 7.88. The molecule has 1 aliphatic heterocycles. The zero-order chi connectivity index (χ0) is 19.5. The number of amides is 1. The molecule has 0 fully saturated rings. The molecule has 3 aromatic rings. The highest BCUT2D eigenvalue weighted by atomic mass is 32.1. The Morgan fingerprint density at radius 3 is 2.86 bits per heavy atom. The molecular formula is C21H24N4O2S. The van der Waals surface area contributed by atoms with Crippen molar-refractivity contribution in [2.24, 2.45) is 0 Å². The fourth-order valence-electron chi connectivity index (χ4n) is 3.68. The monoisotopic (exact) mass is 396 g/mol. The summed E-state index contributed by atoms with van der Waals surface area (Å²) in [5.74, 6) is 0.878. The van der Waals surface area contributed by atoms with Gasteiger partial charge in [-0.05, 0) is 30.9 Å². The van der Waals surface area contributed by atoms with Gasteiger partial charge in [0, 0.05) is 11.4 Å². The fraction of sp³-hybridized carbons (Fsp3) is 0.381. The van der Waals surface area contributed by atoms with Crippen LogP contribution in [-0.2, 0) is 17.7 Å². The number of aromatic nitrogens is 2. The molecule has 1 amide bonds.